The second-order valence-electron chi connectivity index (χ2n) is 4.37. The summed E-state index contributed by atoms with van der Waals surface area (Å²) >= 11 is 0. The molecule has 0 unspecified atom stereocenters. The van der Waals surface area contributed by atoms with E-state index in [4.69, 9.17) is 0 Å². The fourth-order valence-electron chi connectivity index (χ4n) is 2.65. The van der Waals surface area contributed by atoms with Gasteiger partial charge in [-0.15, -0.1) is 0 Å². The number of piperidine rings is 2. The minimum atomic E-state index is 0.431. The zero-order chi connectivity index (χ0) is 9.15. The lowest BCUT2D eigenvalue weighted by atomic mass is 9.73. The van der Waals surface area contributed by atoms with Gasteiger partial charge in [0.1, 0.15) is 0 Å². The van der Waals surface area contributed by atoms with Crippen molar-refractivity contribution < 1.29 is 4.79 Å². The summed E-state index contributed by atoms with van der Waals surface area (Å²) in [5, 5.41) is 3.37. The smallest absolute Gasteiger partial charge is 0.312 e. The number of hydrogen-bond acceptors (Lipinski definition) is 2. The maximum Gasteiger partial charge on any atom is 0.312 e. The molecule has 73 valence electrons. The van der Waals surface area contributed by atoms with Gasteiger partial charge in [0.2, 0.25) is 0 Å². The molecule has 0 atom stereocenters. The van der Waals surface area contributed by atoms with Crippen LogP contribution in [0, 0.1) is 5.41 Å². The van der Waals surface area contributed by atoms with Crippen LogP contribution in [0.25, 0.3) is 0 Å². The fourth-order valence-corrected chi connectivity index (χ4v) is 2.65. The minimum absolute atomic E-state index is 0.431. The lowest BCUT2D eigenvalue weighted by molar-refractivity contribution is 0.0964. The maximum atomic E-state index is 10.6. The van der Waals surface area contributed by atoms with Crippen LogP contribution in [0.1, 0.15) is 25.7 Å². The first-order valence-electron chi connectivity index (χ1n) is 5.18. The molecule has 1 amide bonds. The third-order valence-corrected chi connectivity index (χ3v) is 3.45. The largest absolute Gasteiger partial charge is 0.334 e. The molecule has 1 N–H and O–H groups in total. The lowest BCUT2D eigenvalue weighted by Crippen LogP contribution is -2.47. The molecule has 2 aliphatic heterocycles. The average molecular weight is 181 g/mol. The highest BCUT2D eigenvalue weighted by atomic mass is 16.1. The van der Waals surface area contributed by atoms with Gasteiger partial charge in [0.25, 0.3) is 0 Å². The van der Waals surface area contributed by atoms with E-state index in [-0.39, 0.29) is 0 Å². The molecule has 0 aromatic carbocycles. The average Bonchev–Trinajstić information content (AvgIpc) is 2.19. The van der Waals surface area contributed by atoms with Crippen molar-refractivity contribution in [1.82, 2.24) is 10.2 Å². The molecular weight excluding hydrogens is 164 g/mol. The Balaban J connectivity index is 1.99. The topological polar surface area (TPSA) is 32.3 Å². The van der Waals surface area contributed by atoms with E-state index in [1.807, 2.05) is 11.3 Å². The van der Waals surface area contributed by atoms with E-state index < -0.39 is 0 Å². The fraction of sp³-hybridized carbons (Fsp3) is 0.900. The van der Waals surface area contributed by atoms with E-state index in [2.05, 4.69) is 5.32 Å². The number of hydrogen-bond donors (Lipinski definition) is 1. The number of nitrogens with one attached hydrogen (secondary N) is 1. The van der Waals surface area contributed by atoms with Crippen LogP contribution in [0.3, 0.4) is 0 Å². The highest BCUT2D eigenvalue weighted by molar-refractivity contribution is 5.48. The van der Waals surface area contributed by atoms with Gasteiger partial charge in [0.15, 0.2) is 0 Å². The van der Waals surface area contributed by atoms with E-state index in [9.17, 15) is 4.79 Å². The Morgan fingerprint density at radius 3 is 2.69 bits per heavy atom. The van der Waals surface area contributed by atoms with Gasteiger partial charge in [-0.3, -0.25) is 4.79 Å². The molecule has 0 saturated carbocycles. The van der Waals surface area contributed by atoms with Crippen molar-refractivity contribution in [2.24, 2.45) is 5.41 Å². The maximum absolute atomic E-state index is 10.6. The number of carbonyl (C=O) groups excluding carboxylic acids is 1. The molecule has 3 heteroatoms. The van der Waals surface area contributed by atoms with Crippen LogP contribution < -0.4 is 5.32 Å². The molecule has 2 rings (SSSR count). The Bertz CT molecular complexity index is 182. The van der Waals surface area contributed by atoms with Crippen molar-refractivity contribution in [3.05, 3.63) is 0 Å². The molecular formula is C10H17N2O. The van der Waals surface area contributed by atoms with Crippen molar-refractivity contribution >= 4 is 6.41 Å². The Morgan fingerprint density at radius 1 is 1.23 bits per heavy atom. The normalized spacial score (nSPS) is 27.5. The van der Waals surface area contributed by atoms with Gasteiger partial charge >= 0.3 is 6.41 Å². The van der Waals surface area contributed by atoms with Gasteiger partial charge < -0.3 is 10.2 Å². The second-order valence-corrected chi connectivity index (χ2v) is 4.37. The SMILES string of the molecule is O=[C]N1CCCC2(CCNCC2)C1. The molecule has 2 aliphatic rings. The minimum Gasteiger partial charge on any atom is -0.334 e. The summed E-state index contributed by atoms with van der Waals surface area (Å²) < 4.78 is 0. The number of nitrogens with zero attached hydrogens (tertiary/aromatic N) is 1. The number of amides is 1. The third-order valence-electron chi connectivity index (χ3n) is 3.45. The van der Waals surface area contributed by atoms with E-state index in [1.54, 1.807) is 0 Å². The molecule has 0 aromatic heterocycles. The van der Waals surface area contributed by atoms with Gasteiger partial charge in [-0.1, -0.05) is 0 Å². The molecule has 2 fully saturated rings. The van der Waals surface area contributed by atoms with Crippen molar-refractivity contribution in [2.45, 2.75) is 25.7 Å². The molecule has 2 saturated heterocycles. The molecule has 1 radical (unpaired) electrons. The van der Waals surface area contributed by atoms with Crippen LogP contribution in [0.4, 0.5) is 0 Å². The van der Waals surface area contributed by atoms with Crippen LogP contribution in [-0.2, 0) is 4.79 Å². The summed E-state index contributed by atoms with van der Waals surface area (Å²) in [6, 6.07) is 0. The van der Waals surface area contributed by atoms with E-state index in [0.717, 1.165) is 32.6 Å². The highest BCUT2D eigenvalue weighted by Crippen LogP contribution is 2.37. The number of rotatable bonds is 1. The predicted molar refractivity (Wildman–Crippen MR) is 51.0 cm³/mol. The molecule has 3 nitrogen and oxygen atoms in total. The zero-order valence-electron chi connectivity index (χ0n) is 8.01. The third kappa shape index (κ3) is 1.85. The molecule has 0 bridgehead atoms. The Kier molecular flexibility index (Phi) is 2.54. The molecule has 13 heavy (non-hydrogen) atoms. The monoisotopic (exact) mass is 181 g/mol. The molecule has 0 aliphatic carbocycles. The van der Waals surface area contributed by atoms with Crippen molar-refractivity contribution in [1.29, 1.82) is 0 Å². The van der Waals surface area contributed by atoms with Gasteiger partial charge in [-0.25, -0.2) is 0 Å². The van der Waals surface area contributed by atoms with E-state index in [1.165, 1.54) is 19.3 Å². The summed E-state index contributed by atoms with van der Waals surface area (Å²) in [6.45, 7) is 4.09. The van der Waals surface area contributed by atoms with Crippen LogP contribution in [0.2, 0.25) is 0 Å². The summed E-state index contributed by atoms with van der Waals surface area (Å²) in [5.41, 5.74) is 0.431. The van der Waals surface area contributed by atoms with Gasteiger partial charge in [0.05, 0.1) is 0 Å². The summed E-state index contributed by atoms with van der Waals surface area (Å²) in [4.78, 5) is 12.4. The zero-order valence-corrected chi connectivity index (χ0v) is 8.01. The van der Waals surface area contributed by atoms with Crippen LogP contribution >= 0.6 is 0 Å². The van der Waals surface area contributed by atoms with Gasteiger partial charge in [-0.2, -0.15) is 0 Å². The Morgan fingerprint density at radius 2 is 2.00 bits per heavy atom. The Labute approximate surface area is 79.5 Å². The van der Waals surface area contributed by atoms with Crippen LogP contribution in [0.15, 0.2) is 0 Å². The van der Waals surface area contributed by atoms with E-state index >= 15 is 0 Å². The molecule has 2 heterocycles. The quantitative estimate of drug-likeness (QED) is 0.639. The molecule has 0 aromatic rings. The van der Waals surface area contributed by atoms with Crippen molar-refractivity contribution in [3.8, 4) is 0 Å². The van der Waals surface area contributed by atoms with E-state index in [0.29, 0.717) is 5.41 Å². The second kappa shape index (κ2) is 3.66. The lowest BCUT2D eigenvalue weighted by Gasteiger charge is -2.43. The first-order valence-corrected chi connectivity index (χ1v) is 5.18. The molecule has 1 spiro atoms. The standard InChI is InChI=1S/C10H17N2O/c13-9-12-7-1-2-10(8-12)3-5-11-6-4-10/h11H,1-8H2. The predicted octanol–water partition coefficient (Wildman–Crippen LogP) is 0.519. The van der Waals surface area contributed by atoms with Crippen molar-refractivity contribution in [2.75, 3.05) is 26.2 Å². The summed E-state index contributed by atoms with van der Waals surface area (Å²) in [7, 11) is 0. The van der Waals surface area contributed by atoms with Gasteiger partial charge in [0, 0.05) is 13.1 Å². The first kappa shape index (κ1) is 9.00. The van der Waals surface area contributed by atoms with Crippen LogP contribution in [-0.4, -0.2) is 37.5 Å². The van der Waals surface area contributed by atoms with Gasteiger partial charge in [-0.05, 0) is 44.2 Å². The number of likely N-dealkylation sites (tertiary alicyclic amines) is 1. The Hall–Kier alpha value is -0.570. The highest BCUT2D eigenvalue weighted by Gasteiger charge is 2.36. The first-order chi connectivity index (χ1) is 6.35. The van der Waals surface area contributed by atoms with Crippen LogP contribution in [0.5, 0.6) is 0 Å². The summed E-state index contributed by atoms with van der Waals surface area (Å²) in [5.74, 6) is 0. The van der Waals surface area contributed by atoms with Crippen molar-refractivity contribution in [3.63, 3.8) is 0 Å². The summed E-state index contributed by atoms with van der Waals surface area (Å²) in [6.07, 6.45) is 6.95.